The molecule has 0 aromatic carbocycles. The lowest BCUT2D eigenvalue weighted by Crippen LogP contribution is -2.44. The largest absolute Gasteiger partial charge is 0.300 e. The molecule has 0 N–H and O–H groups in total. The zero-order valence-electron chi connectivity index (χ0n) is 11.1. The Balaban J connectivity index is 3.00. The highest BCUT2D eigenvalue weighted by Gasteiger charge is 2.46. The van der Waals surface area contributed by atoms with Crippen molar-refractivity contribution < 1.29 is 14.4 Å². The number of halogens is 3. The average molecular weight is 328 g/mol. The van der Waals surface area contributed by atoms with E-state index in [1.165, 1.54) is 6.92 Å². The van der Waals surface area contributed by atoms with Crippen LogP contribution in [-0.2, 0) is 14.4 Å². The Morgan fingerprint density at radius 1 is 1.26 bits per heavy atom. The summed E-state index contributed by atoms with van der Waals surface area (Å²) in [5, 5.41) is 0. The Labute approximate surface area is 128 Å². The molecule has 1 aliphatic carbocycles. The quantitative estimate of drug-likeness (QED) is 0.588. The lowest BCUT2D eigenvalue weighted by Gasteiger charge is -2.35. The summed E-state index contributed by atoms with van der Waals surface area (Å²) < 4.78 is -1.65. The number of alkyl halides is 3. The van der Waals surface area contributed by atoms with Crippen LogP contribution in [-0.4, -0.2) is 21.1 Å². The second kappa shape index (κ2) is 5.71. The third kappa shape index (κ3) is 4.73. The van der Waals surface area contributed by atoms with E-state index in [9.17, 15) is 14.4 Å². The Morgan fingerprint density at radius 2 is 1.68 bits per heavy atom. The second-order valence-corrected chi connectivity index (χ2v) is 8.48. The summed E-state index contributed by atoms with van der Waals surface area (Å²) in [6, 6.07) is 0. The van der Waals surface area contributed by atoms with Crippen molar-refractivity contribution in [3.63, 3.8) is 0 Å². The van der Waals surface area contributed by atoms with E-state index in [0.29, 0.717) is 0 Å². The molecule has 0 aromatic heterocycles. The number of hydrogen-bond acceptors (Lipinski definition) is 3. The van der Waals surface area contributed by atoms with Gasteiger partial charge >= 0.3 is 0 Å². The molecule has 1 fully saturated rings. The van der Waals surface area contributed by atoms with Gasteiger partial charge in [0.25, 0.3) is 0 Å². The van der Waals surface area contributed by atoms with E-state index in [0.717, 1.165) is 0 Å². The molecule has 0 radical (unpaired) electrons. The van der Waals surface area contributed by atoms with Gasteiger partial charge in [0, 0.05) is 25.2 Å². The van der Waals surface area contributed by atoms with Crippen LogP contribution in [0.3, 0.4) is 0 Å². The van der Waals surface area contributed by atoms with Gasteiger partial charge in [-0.05, 0) is 12.3 Å². The molecule has 1 rings (SSSR count). The minimum absolute atomic E-state index is 0.116. The Kier molecular flexibility index (Phi) is 5.09. The molecule has 1 saturated carbocycles. The van der Waals surface area contributed by atoms with Gasteiger partial charge in [0.2, 0.25) is 0 Å². The average Bonchev–Trinajstić information content (AvgIpc) is 2.10. The molecular formula is C13H17Cl3O3. The molecule has 1 unspecified atom stereocenters. The lowest BCUT2D eigenvalue weighted by atomic mass is 9.67. The van der Waals surface area contributed by atoms with Gasteiger partial charge in [0.15, 0.2) is 3.79 Å². The third-order valence-corrected chi connectivity index (χ3v) is 3.84. The van der Waals surface area contributed by atoms with Gasteiger partial charge in [-0.15, -0.1) is 0 Å². The van der Waals surface area contributed by atoms with Crippen LogP contribution in [0.2, 0.25) is 0 Å². The van der Waals surface area contributed by atoms with E-state index in [1.54, 1.807) is 0 Å². The molecule has 108 valence electrons. The summed E-state index contributed by atoms with van der Waals surface area (Å²) in [5.74, 6) is -2.55. The molecule has 0 amide bonds. The molecule has 0 bridgehead atoms. The normalized spacial score (nSPS) is 22.4. The zero-order chi connectivity index (χ0) is 15.0. The van der Waals surface area contributed by atoms with Crippen LogP contribution in [0.5, 0.6) is 0 Å². The number of rotatable bonds is 3. The number of hydrogen-bond donors (Lipinski definition) is 0. The van der Waals surface area contributed by atoms with E-state index in [2.05, 4.69) is 0 Å². The highest BCUT2D eigenvalue weighted by atomic mass is 35.6. The molecule has 3 nitrogen and oxygen atoms in total. The highest BCUT2D eigenvalue weighted by molar-refractivity contribution is 6.67. The first-order chi connectivity index (χ1) is 8.43. The van der Waals surface area contributed by atoms with Gasteiger partial charge < -0.3 is 0 Å². The summed E-state index contributed by atoms with van der Waals surface area (Å²) in [6.45, 7) is 5.04. The predicted molar refractivity (Wildman–Crippen MR) is 75.6 cm³/mol. The lowest BCUT2D eigenvalue weighted by molar-refractivity contribution is -0.145. The van der Waals surface area contributed by atoms with Crippen molar-refractivity contribution in [1.82, 2.24) is 0 Å². The van der Waals surface area contributed by atoms with Crippen molar-refractivity contribution in [2.75, 3.05) is 0 Å². The third-order valence-electron chi connectivity index (χ3n) is 3.38. The molecule has 0 aromatic rings. The van der Waals surface area contributed by atoms with E-state index in [-0.39, 0.29) is 42.0 Å². The maximum Gasteiger partial charge on any atom is 0.191 e. The standard InChI is InChI=1S/C13H17Cl3O3/c1-7(17)8(4-13(14,15)16)11-9(18)5-12(2,3)6-10(11)19/h8,11H,4-6H2,1-3H3. The maximum absolute atomic E-state index is 12.1. The first-order valence-electron chi connectivity index (χ1n) is 6.05. The Morgan fingerprint density at radius 3 is 2.00 bits per heavy atom. The predicted octanol–water partition coefficient (Wildman–Crippen LogP) is 3.53. The molecule has 0 heterocycles. The van der Waals surface area contributed by atoms with Gasteiger partial charge in [-0.1, -0.05) is 48.7 Å². The van der Waals surface area contributed by atoms with E-state index in [1.807, 2.05) is 13.8 Å². The number of ketones is 3. The smallest absolute Gasteiger partial charge is 0.191 e. The zero-order valence-corrected chi connectivity index (χ0v) is 13.4. The van der Waals surface area contributed by atoms with Gasteiger partial charge in [-0.25, -0.2) is 0 Å². The van der Waals surface area contributed by atoms with Crippen molar-refractivity contribution in [2.24, 2.45) is 17.3 Å². The number of carbonyl (C=O) groups excluding carboxylic acids is 3. The fraction of sp³-hybridized carbons (Fsp3) is 0.769. The van der Waals surface area contributed by atoms with Crippen LogP contribution in [0, 0.1) is 17.3 Å². The fourth-order valence-corrected chi connectivity index (χ4v) is 3.10. The van der Waals surface area contributed by atoms with Crippen LogP contribution < -0.4 is 0 Å². The molecule has 0 spiro atoms. The van der Waals surface area contributed by atoms with Gasteiger partial charge in [-0.2, -0.15) is 0 Å². The van der Waals surface area contributed by atoms with Crippen molar-refractivity contribution in [2.45, 2.75) is 43.8 Å². The minimum atomic E-state index is -1.65. The summed E-state index contributed by atoms with van der Waals surface area (Å²) in [7, 11) is 0. The molecule has 1 atom stereocenters. The van der Waals surface area contributed by atoms with Crippen LogP contribution in [0.4, 0.5) is 0 Å². The summed E-state index contributed by atoms with van der Waals surface area (Å²) in [5.41, 5.74) is -0.355. The molecule has 19 heavy (non-hydrogen) atoms. The van der Waals surface area contributed by atoms with E-state index in [4.69, 9.17) is 34.8 Å². The van der Waals surface area contributed by atoms with Gasteiger partial charge in [0.1, 0.15) is 17.3 Å². The number of Topliss-reactive ketones (excluding diaryl/α,β-unsaturated/α-hetero) is 3. The molecule has 0 saturated heterocycles. The first-order valence-corrected chi connectivity index (χ1v) is 7.19. The molecule has 6 heteroatoms. The van der Waals surface area contributed by atoms with Crippen LogP contribution in [0.25, 0.3) is 0 Å². The fourth-order valence-electron chi connectivity index (χ4n) is 2.60. The maximum atomic E-state index is 12.1. The van der Waals surface area contributed by atoms with Crippen molar-refractivity contribution in [1.29, 1.82) is 0 Å². The highest BCUT2D eigenvalue weighted by Crippen LogP contribution is 2.42. The van der Waals surface area contributed by atoms with Gasteiger partial charge in [-0.3, -0.25) is 14.4 Å². The summed E-state index contributed by atoms with van der Waals surface area (Å²) >= 11 is 17.1. The van der Waals surface area contributed by atoms with Crippen LogP contribution >= 0.6 is 34.8 Å². The summed E-state index contributed by atoms with van der Waals surface area (Å²) in [6.07, 6.45) is 0.426. The monoisotopic (exact) mass is 326 g/mol. The van der Waals surface area contributed by atoms with Crippen molar-refractivity contribution in [3.8, 4) is 0 Å². The van der Waals surface area contributed by atoms with Crippen LogP contribution in [0.1, 0.15) is 40.0 Å². The van der Waals surface area contributed by atoms with Crippen LogP contribution in [0.15, 0.2) is 0 Å². The number of carbonyl (C=O) groups is 3. The SMILES string of the molecule is CC(=O)C(CC(Cl)(Cl)Cl)C1C(=O)CC(C)(C)CC1=O. The molecular weight excluding hydrogens is 310 g/mol. The van der Waals surface area contributed by atoms with Gasteiger partial charge in [0.05, 0.1) is 5.92 Å². The summed E-state index contributed by atoms with van der Waals surface area (Å²) in [4.78, 5) is 36.0. The molecule has 1 aliphatic rings. The Hall–Kier alpha value is -0.120. The minimum Gasteiger partial charge on any atom is -0.300 e. The molecule has 0 aliphatic heterocycles. The van der Waals surface area contributed by atoms with E-state index < -0.39 is 15.6 Å². The van der Waals surface area contributed by atoms with E-state index >= 15 is 0 Å². The Bertz CT molecular complexity index is 390. The second-order valence-electron chi connectivity index (χ2n) is 5.96. The first kappa shape index (κ1) is 16.9. The topological polar surface area (TPSA) is 51.2 Å². The van der Waals surface area contributed by atoms with Crippen molar-refractivity contribution in [3.05, 3.63) is 0 Å². The van der Waals surface area contributed by atoms with Crippen molar-refractivity contribution >= 4 is 52.2 Å².